The highest BCUT2D eigenvalue weighted by molar-refractivity contribution is 6.32. The summed E-state index contributed by atoms with van der Waals surface area (Å²) in [6, 6.07) is 9.00. The van der Waals surface area contributed by atoms with Gasteiger partial charge >= 0.3 is 0 Å². The first-order valence-corrected chi connectivity index (χ1v) is 5.34. The SMILES string of the molecule is [N-]=[N+]=NCCCN(C(=O)/C=N/O)c1ccccc1. The molecule has 18 heavy (non-hydrogen) atoms. The summed E-state index contributed by atoms with van der Waals surface area (Å²) in [5, 5.41) is 14.5. The Balaban J connectivity index is 2.75. The summed E-state index contributed by atoms with van der Waals surface area (Å²) in [5.74, 6) is -0.426. The molecule has 0 aliphatic carbocycles. The molecular weight excluding hydrogens is 234 g/mol. The first-order valence-electron chi connectivity index (χ1n) is 5.34. The maximum atomic E-state index is 11.7. The van der Waals surface area contributed by atoms with Gasteiger partial charge in [0, 0.05) is 23.7 Å². The fourth-order valence-electron chi connectivity index (χ4n) is 1.44. The predicted octanol–water partition coefficient (Wildman–Crippen LogP) is 2.18. The second kappa shape index (κ2) is 7.70. The van der Waals surface area contributed by atoms with Crippen LogP contribution in [0.1, 0.15) is 6.42 Å². The Labute approximate surface area is 104 Å². The van der Waals surface area contributed by atoms with Crippen LogP contribution in [-0.2, 0) is 4.79 Å². The topological polar surface area (TPSA) is 102 Å². The van der Waals surface area contributed by atoms with E-state index >= 15 is 0 Å². The molecule has 0 saturated heterocycles. The van der Waals surface area contributed by atoms with E-state index in [-0.39, 0.29) is 0 Å². The molecule has 1 aromatic carbocycles. The molecule has 0 aliphatic heterocycles. The summed E-state index contributed by atoms with van der Waals surface area (Å²) in [4.78, 5) is 15.8. The highest BCUT2D eigenvalue weighted by atomic mass is 16.4. The monoisotopic (exact) mass is 247 g/mol. The van der Waals surface area contributed by atoms with Crippen LogP contribution in [0.4, 0.5) is 5.69 Å². The lowest BCUT2D eigenvalue weighted by Crippen LogP contribution is -2.33. The molecule has 0 atom stereocenters. The van der Waals surface area contributed by atoms with Gasteiger partial charge in [-0.1, -0.05) is 28.5 Å². The van der Waals surface area contributed by atoms with Crippen LogP contribution in [0.2, 0.25) is 0 Å². The molecule has 7 nitrogen and oxygen atoms in total. The zero-order chi connectivity index (χ0) is 13.2. The Kier molecular flexibility index (Phi) is 5.79. The van der Waals surface area contributed by atoms with Crippen LogP contribution >= 0.6 is 0 Å². The van der Waals surface area contributed by atoms with Crippen LogP contribution in [0, 0.1) is 0 Å². The van der Waals surface area contributed by atoms with Crippen LogP contribution in [0.5, 0.6) is 0 Å². The van der Waals surface area contributed by atoms with Crippen molar-refractivity contribution in [3.63, 3.8) is 0 Å². The lowest BCUT2D eigenvalue weighted by atomic mass is 10.2. The number of carbonyl (C=O) groups is 1. The van der Waals surface area contributed by atoms with Crippen molar-refractivity contribution in [1.82, 2.24) is 0 Å². The number of amides is 1. The van der Waals surface area contributed by atoms with Crippen molar-refractivity contribution in [3.05, 3.63) is 40.8 Å². The largest absolute Gasteiger partial charge is 0.411 e. The van der Waals surface area contributed by atoms with Gasteiger partial charge in [0.05, 0.1) is 0 Å². The average molecular weight is 247 g/mol. The maximum Gasteiger partial charge on any atom is 0.272 e. The van der Waals surface area contributed by atoms with Crippen LogP contribution in [0.15, 0.2) is 40.6 Å². The Morgan fingerprint density at radius 2 is 2.17 bits per heavy atom. The predicted molar refractivity (Wildman–Crippen MR) is 67.7 cm³/mol. The molecule has 1 amide bonds. The molecule has 0 aromatic heterocycles. The van der Waals surface area contributed by atoms with Crippen molar-refractivity contribution < 1.29 is 10.0 Å². The second-order valence-corrected chi connectivity index (χ2v) is 3.38. The van der Waals surface area contributed by atoms with Crippen LogP contribution < -0.4 is 4.90 Å². The standard InChI is InChI=1S/C11H13N5O2/c12-15-13-7-4-8-16(11(17)9-14-18)10-5-2-1-3-6-10/h1-3,5-6,9,18H,4,7-8H2/b14-9+. The molecule has 1 aromatic rings. The molecule has 7 heteroatoms. The van der Waals surface area contributed by atoms with Gasteiger partial charge in [0.1, 0.15) is 6.21 Å². The molecular formula is C11H13N5O2. The number of hydrogen-bond donors (Lipinski definition) is 1. The average Bonchev–Trinajstić information content (AvgIpc) is 2.40. The molecule has 94 valence electrons. The number of azide groups is 1. The van der Waals surface area contributed by atoms with E-state index in [4.69, 9.17) is 10.7 Å². The summed E-state index contributed by atoms with van der Waals surface area (Å²) in [6.45, 7) is 0.692. The van der Waals surface area contributed by atoms with Crippen LogP contribution in [0.25, 0.3) is 10.4 Å². The molecule has 1 rings (SSSR count). The molecule has 0 fully saturated rings. The highest BCUT2D eigenvalue weighted by Crippen LogP contribution is 2.13. The summed E-state index contributed by atoms with van der Waals surface area (Å²) >= 11 is 0. The summed E-state index contributed by atoms with van der Waals surface area (Å²) in [6.07, 6.45) is 1.37. The number of anilines is 1. The Bertz CT molecular complexity index is 454. The quantitative estimate of drug-likeness (QED) is 0.158. The fraction of sp³-hybridized carbons (Fsp3) is 0.273. The van der Waals surface area contributed by atoms with Gasteiger partial charge in [-0.25, -0.2) is 0 Å². The van der Waals surface area contributed by atoms with Gasteiger partial charge in [-0.15, -0.1) is 0 Å². The fourth-order valence-corrected chi connectivity index (χ4v) is 1.44. The van der Waals surface area contributed by atoms with Crippen molar-refractivity contribution in [2.24, 2.45) is 10.3 Å². The zero-order valence-electron chi connectivity index (χ0n) is 9.68. The third kappa shape index (κ3) is 4.15. The van der Waals surface area contributed by atoms with Crippen LogP contribution in [0.3, 0.4) is 0 Å². The van der Waals surface area contributed by atoms with Gasteiger partial charge in [-0.2, -0.15) is 0 Å². The first kappa shape index (κ1) is 13.5. The van der Waals surface area contributed by atoms with E-state index in [1.807, 2.05) is 6.07 Å². The lowest BCUT2D eigenvalue weighted by molar-refractivity contribution is -0.112. The van der Waals surface area contributed by atoms with E-state index in [9.17, 15) is 4.79 Å². The van der Waals surface area contributed by atoms with Crippen LogP contribution in [-0.4, -0.2) is 30.4 Å². The third-order valence-corrected chi connectivity index (χ3v) is 2.21. The van der Waals surface area contributed by atoms with Crippen molar-refractivity contribution >= 4 is 17.8 Å². The number of hydrogen-bond acceptors (Lipinski definition) is 4. The van der Waals surface area contributed by atoms with Crippen molar-refractivity contribution in [2.45, 2.75) is 6.42 Å². The van der Waals surface area contributed by atoms with Crippen molar-refractivity contribution in [3.8, 4) is 0 Å². The summed E-state index contributed by atoms with van der Waals surface area (Å²) in [7, 11) is 0. The minimum atomic E-state index is -0.426. The molecule has 0 bridgehead atoms. The molecule has 0 unspecified atom stereocenters. The minimum Gasteiger partial charge on any atom is -0.411 e. The Hall–Kier alpha value is -2.53. The molecule has 0 radical (unpaired) electrons. The number of nitrogens with zero attached hydrogens (tertiary/aromatic N) is 5. The van der Waals surface area contributed by atoms with Crippen molar-refractivity contribution in [2.75, 3.05) is 18.0 Å². The smallest absolute Gasteiger partial charge is 0.272 e. The van der Waals surface area contributed by atoms with Gasteiger partial charge in [-0.05, 0) is 24.1 Å². The van der Waals surface area contributed by atoms with Crippen molar-refractivity contribution in [1.29, 1.82) is 0 Å². The van der Waals surface area contributed by atoms with Gasteiger partial charge in [0.25, 0.3) is 5.91 Å². The molecule has 0 saturated carbocycles. The minimum absolute atomic E-state index is 0.309. The van der Waals surface area contributed by atoms with Gasteiger partial charge in [0.15, 0.2) is 0 Å². The zero-order valence-corrected chi connectivity index (χ0v) is 9.68. The first-order chi connectivity index (χ1) is 8.79. The highest BCUT2D eigenvalue weighted by Gasteiger charge is 2.12. The second-order valence-electron chi connectivity index (χ2n) is 3.38. The third-order valence-electron chi connectivity index (χ3n) is 2.21. The molecule has 1 N–H and O–H groups in total. The van der Waals surface area contributed by atoms with E-state index in [1.165, 1.54) is 4.90 Å². The van der Waals surface area contributed by atoms with Gasteiger partial charge in [-0.3, -0.25) is 4.79 Å². The Morgan fingerprint density at radius 1 is 1.44 bits per heavy atom. The normalized spacial score (nSPS) is 10.0. The van der Waals surface area contributed by atoms with E-state index < -0.39 is 5.91 Å². The van der Waals surface area contributed by atoms with E-state index in [0.29, 0.717) is 25.2 Å². The van der Waals surface area contributed by atoms with E-state index in [1.54, 1.807) is 24.3 Å². The van der Waals surface area contributed by atoms with E-state index in [2.05, 4.69) is 15.2 Å². The number of rotatable bonds is 6. The number of oxime groups is 1. The summed E-state index contributed by atoms with van der Waals surface area (Å²) in [5.41, 5.74) is 8.86. The maximum absolute atomic E-state index is 11.7. The molecule has 0 heterocycles. The lowest BCUT2D eigenvalue weighted by Gasteiger charge is -2.20. The Morgan fingerprint density at radius 3 is 2.78 bits per heavy atom. The number of benzene rings is 1. The number of carbonyl (C=O) groups excluding carboxylic acids is 1. The number of para-hydroxylation sites is 1. The van der Waals surface area contributed by atoms with Gasteiger partial charge in [0.2, 0.25) is 0 Å². The molecule has 0 aliphatic rings. The summed E-state index contributed by atoms with van der Waals surface area (Å²) < 4.78 is 0. The molecule has 0 spiro atoms. The van der Waals surface area contributed by atoms with Gasteiger partial charge < -0.3 is 10.1 Å². The van der Waals surface area contributed by atoms with E-state index in [0.717, 1.165) is 6.21 Å².